The zero-order valence-corrected chi connectivity index (χ0v) is 11.8. The highest BCUT2D eigenvalue weighted by atomic mass is 32.2. The summed E-state index contributed by atoms with van der Waals surface area (Å²) in [5.74, 6) is 0.134. The van der Waals surface area contributed by atoms with Gasteiger partial charge >= 0.3 is 10.1 Å². The van der Waals surface area contributed by atoms with Crippen LogP contribution in [0.2, 0.25) is 0 Å². The standard InChI is InChI=1S/C13H12N2O5S/c1-9-3-2-4-10(7-9)20-21(18,19)11-5-6-12(14)13(8-11)15(16)17/h2-8H,14H2,1H3. The molecule has 0 spiro atoms. The fraction of sp³-hybridized carbons (Fsp3) is 0.0769. The SMILES string of the molecule is Cc1cccc(OS(=O)(=O)c2ccc(N)c([N+](=O)[O-])c2)c1. The van der Waals surface area contributed by atoms with Gasteiger partial charge in [0.1, 0.15) is 16.3 Å². The van der Waals surface area contributed by atoms with Gasteiger partial charge in [-0.25, -0.2) is 0 Å². The molecule has 110 valence electrons. The number of nitrogen functional groups attached to an aromatic ring is 1. The zero-order valence-electron chi connectivity index (χ0n) is 11.0. The van der Waals surface area contributed by atoms with E-state index in [0.29, 0.717) is 0 Å². The number of aryl methyl sites for hydroxylation is 1. The van der Waals surface area contributed by atoms with Crippen molar-refractivity contribution in [3.05, 3.63) is 58.1 Å². The fourth-order valence-corrected chi connectivity index (χ4v) is 2.62. The van der Waals surface area contributed by atoms with Crippen molar-refractivity contribution in [2.24, 2.45) is 0 Å². The van der Waals surface area contributed by atoms with Crippen molar-refractivity contribution in [1.29, 1.82) is 0 Å². The van der Waals surface area contributed by atoms with Crippen molar-refractivity contribution in [1.82, 2.24) is 0 Å². The van der Waals surface area contributed by atoms with E-state index in [0.717, 1.165) is 23.8 Å². The Balaban J connectivity index is 2.40. The van der Waals surface area contributed by atoms with Crippen molar-refractivity contribution in [3.8, 4) is 5.75 Å². The number of nitrogens with two attached hydrogens (primary N) is 1. The van der Waals surface area contributed by atoms with Gasteiger partial charge in [-0.2, -0.15) is 8.42 Å². The molecule has 0 aliphatic carbocycles. The summed E-state index contributed by atoms with van der Waals surface area (Å²) in [6.45, 7) is 1.79. The monoisotopic (exact) mass is 308 g/mol. The van der Waals surface area contributed by atoms with Crippen LogP contribution in [0, 0.1) is 17.0 Å². The second kappa shape index (κ2) is 5.41. The van der Waals surface area contributed by atoms with Crippen LogP contribution in [-0.2, 0) is 10.1 Å². The maximum absolute atomic E-state index is 12.1. The molecule has 0 unspecified atom stereocenters. The Morgan fingerprint density at radius 1 is 1.19 bits per heavy atom. The Kier molecular flexibility index (Phi) is 3.81. The first-order valence-corrected chi connectivity index (χ1v) is 7.25. The average Bonchev–Trinajstić information content (AvgIpc) is 2.38. The first-order chi connectivity index (χ1) is 9.79. The van der Waals surface area contributed by atoms with Gasteiger partial charge in [-0.3, -0.25) is 10.1 Å². The van der Waals surface area contributed by atoms with Crippen molar-refractivity contribution in [3.63, 3.8) is 0 Å². The van der Waals surface area contributed by atoms with Gasteiger partial charge in [0.2, 0.25) is 0 Å². The molecule has 0 fully saturated rings. The molecule has 0 saturated heterocycles. The molecule has 2 aromatic rings. The molecule has 0 heterocycles. The highest BCUT2D eigenvalue weighted by molar-refractivity contribution is 7.87. The minimum absolute atomic E-state index is 0.116. The van der Waals surface area contributed by atoms with Gasteiger partial charge in [0, 0.05) is 6.07 Å². The van der Waals surface area contributed by atoms with E-state index in [9.17, 15) is 18.5 Å². The summed E-state index contributed by atoms with van der Waals surface area (Å²) in [6, 6.07) is 9.65. The zero-order chi connectivity index (χ0) is 15.6. The topological polar surface area (TPSA) is 113 Å². The number of hydrogen-bond donors (Lipinski definition) is 1. The van der Waals surface area contributed by atoms with Gasteiger partial charge in [-0.1, -0.05) is 12.1 Å². The molecule has 2 aromatic carbocycles. The Hall–Kier alpha value is -2.61. The highest BCUT2D eigenvalue weighted by Crippen LogP contribution is 2.27. The largest absolute Gasteiger partial charge is 0.393 e. The third-order valence-electron chi connectivity index (χ3n) is 2.68. The molecular formula is C13H12N2O5S. The van der Waals surface area contributed by atoms with Crippen LogP contribution in [0.1, 0.15) is 5.56 Å². The lowest BCUT2D eigenvalue weighted by molar-refractivity contribution is -0.384. The van der Waals surface area contributed by atoms with E-state index < -0.39 is 20.7 Å². The third-order valence-corrected chi connectivity index (χ3v) is 3.93. The van der Waals surface area contributed by atoms with E-state index in [1.165, 1.54) is 6.07 Å². The quantitative estimate of drug-likeness (QED) is 0.401. The van der Waals surface area contributed by atoms with Gasteiger partial charge in [-0.15, -0.1) is 0 Å². The first kappa shape index (κ1) is 14.8. The normalized spacial score (nSPS) is 11.1. The Morgan fingerprint density at radius 2 is 1.90 bits per heavy atom. The number of hydrogen-bond acceptors (Lipinski definition) is 6. The molecule has 2 N–H and O–H groups in total. The van der Waals surface area contributed by atoms with E-state index in [1.54, 1.807) is 25.1 Å². The van der Waals surface area contributed by atoms with Crippen LogP contribution in [0.3, 0.4) is 0 Å². The van der Waals surface area contributed by atoms with E-state index in [1.807, 2.05) is 0 Å². The Bertz CT molecular complexity index is 802. The number of nitro benzene ring substituents is 1. The molecule has 0 saturated carbocycles. The maximum atomic E-state index is 12.1. The maximum Gasteiger partial charge on any atom is 0.339 e. The molecule has 2 rings (SSSR count). The lowest BCUT2D eigenvalue weighted by Gasteiger charge is -2.08. The average molecular weight is 308 g/mol. The van der Waals surface area contributed by atoms with E-state index in [2.05, 4.69) is 0 Å². The second-order valence-corrected chi connectivity index (χ2v) is 5.88. The lowest BCUT2D eigenvalue weighted by atomic mass is 10.2. The second-order valence-electron chi connectivity index (χ2n) is 4.33. The van der Waals surface area contributed by atoms with Gasteiger partial charge < -0.3 is 9.92 Å². The first-order valence-electron chi connectivity index (χ1n) is 5.85. The summed E-state index contributed by atoms with van der Waals surface area (Å²) >= 11 is 0. The highest BCUT2D eigenvalue weighted by Gasteiger charge is 2.22. The number of benzene rings is 2. The molecule has 8 heteroatoms. The predicted molar refractivity (Wildman–Crippen MR) is 76.5 cm³/mol. The summed E-state index contributed by atoms with van der Waals surface area (Å²) in [5.41, 5.74) is 5.66. The number of nitro groups is 1. The summed E-state index contributed by atoms with van der Waals surface area (Å²) in [6.07, 6.45) is 0. The summed E-state index contributed by atoms with van der Waals surface area (Å²) in [4.78, 5) is 9.72. The Labute approximate surface area is 121 Å². The lowest BCUT2D eigenvalue weighted by Crippen LogP contribution is -2.10. The van der Waals surface area contributed by atoms with Gasteiger partial charge in [0.15, 0.2) is 0 Å². The molecule has 0 atom stereocenters. The summed E-state index contributed by atoms with van der Waals surface area (Å²) < 4.78 is 29.2. The van der Waals surface area contributed by atoms with Crippen LogP contribution >= 0.6 is 0 Å². The van der Waals surface area contributed by atoms with E-state index >= 15 is 0 Å². The van der Waals surface area contributed by atoms with E-state index in [4.69, 9.17) is 9.92 Å². The molecule has 0 aliphatic rings. The van der Waals surface area contributed by atoms with Crippen LogP contribution in [0.15, 0.2) is 47.4 Å². The third kappa shape index (κ3) is 3.29. The predicted octanol–water partition coefficient (Wildman–Crippen LogP) is 2.25. The molecule has 21 heavy (non-hydrogen) atoms. The number of rotatable bonds is 4. The van der Waals surface area contributed by atoms with Gasteiger partial charge in [0.05, 0.1) is 4.92 Å². The van der Waals surface area contributed by atoms with Crippen LogP contribution in [0.5, 0.6) is 5.75 Å². The summed E-state index contributed by atoms with van der Waals surface area (Å²) in [7, 11) is -4.16. The molecule has 0 bridgehead atoms. The number of anilines is 1. The molecule has 0 radical (unpaired) electrons. The van der Waals surface area contributed by atoms with Crippen LogP contribution < -0.4 is 9.92 Å². The Morgan fingerprint density at radius 3 is 2.52 bits per heavy atom. The van der Waals surface area contributed by atoms with Crippen molar-refractivity contribution in [2.45, 2.75) is 11.8 Å². The van der Waals surface area contributed by atoms with E-state index in [-0.39, 0.29) is 16.3 Å². The smallest absolute Gasteiger partial charge is 0.339 e. The summed E-state index contributed by atoms with van der Waals surface area (Å²) in [5, 5.41) is 10.8. The van der Waals surface area contributed by atoms with Crippen LogP contribution in [-0.4, -0.2) is 13.3 Å². The number of nitrogens with zero attached hydrogens (tertiary/aromatic N) is 1. The van der Waals surface area contributed by atoms with Crippen molar-refractivity contribution >= 4 is 21.5 Å². The minimum Gasteiger partial charge on any atom is -0.393 e. The fourth-order valence-electron chi connectivity index (χ4n) is 1.68. The van der Waals surface area contributed by atoms with Gasteiger partial charge in [-0.05, 0) is 36.8 Å². The molecule has 0 amide bonds. The van der Waals surface area contributed by atoms with Crippen LogP contribution in [0.4, 0.5) is 11.4 Å². The van der Waals surface area contributed by atoms with Crippen molar-refractivity contribution < 1.29 is 17.5 Å². The molecular weight excluding hydrogens is 296 g/mol. The van der Waals surface area contributed by atoms with Crippen molar-refractivity contribution in [2.75, 3.05) is 5.73 Å². The van der Waals surface area contributed by atoms with Gasteiger partial charge in [0.25, 0.3) is 5.69 Å². The van der Waals surface area contributed by atoms with Crippen LogP contribution in [0.25, 0.3) is 0 Å². The molecule has 0 aliphatic heterocycles. The molecule has 0 aromatic heterocycles. The molecule has 7 nitrogen and oxygen atoms in total. The minimum atomic E-state index is -4.16.